The quantitative estimate of drug-likeness (QED) is 0.243. The minimum Gasteiger partial charge on any atom is -0.412 e. The predicted octanol–water partition coefficient (Wildman–Crippen LogP) is 5.81. The van der Waals surface area contributed by atoms with Gasteiger partial charge in [0.1, 0.15) is 18.4 Å². The van der Waals surface area contributed by atoms with Gasteiger partial charge in [0.25, 0.3) is 0 Å². The number of fused-ring (bicyclic) bond motifs is 5. The highest BCUT2D eigenvalue weighted by atomic mass is 28.4. The highest BCUT2D eigenvalue weighted by molar-refractivity contribution is 6.70. The van der Waals surface area contributed by atoms with Crippen LogP contribution in [0.15, 0.2) is 5.16 Å². The van der Waals surface area contributed by atoms with E-state index in [1.807, 2.05) is 0 Å². The van der Waals surface area contributed by atoms with E-state index in [0.29, 0.717) is 30.3 Å². The first kappa shape index (κ1) is 28.7. The van der Waals surface area contributed by atoms with Gasteiger partial charge in [-0.3, -0.25) is 0 Å². The van der Waals surface area contributed by atoms with Crippen molar-refractivity contribution in [3.63, 3.8) is 0 Å². The number of oxime groups is 1. The van der Waals surface area contributed by atoms with Crippen molar-refractivity contribution in [2.75, 3.05) is 13.7 Å². The first-order valence-electron chi connectivity index (χ1n) is 14.4. The Labute approximate surface area is 221 Å². The monoisotopic (exact) mass is 539 g/mol. The van der Waals surface area contributed by atoms with E-state index in [2.05, 4.69) is 58.3 Å². The topological polar surface area (TPSA) is 80.5 Å². The minimum absolute atomic E-state index is 0.109. The van der Waals surface area contributed by atoms with Crippen LogP contribution in [0.25, 0.3) is 0 Å². The second-order valence-electron chi connectivity index (χ2n) is 14.9. The van der Waals surface area contributed by atoms with Crippen LogP contribution in [-0.4, -0.2) is 64.1 Å². The molecule has 8 heteroatoms. The van der Waals surface area contributed by atoms with E-state index in [4.69, 9.17) is 13.7 Å². The number of rotatable bonds is 7. The van der Waals surface area contributed by atoms with E-state index >= 15 is 0 Å². The third-order valence-electron chi connectivity index (χ3n) is 10.5. The molecule has 0 aliphatic heterocycles. The molecule has 9 atom stereocenters. The Bertz CT molecular complexity index is 841. The normalized spacial score (nSPS) is 45.6. The fourth-order valence-electron chi connectivity index (χ4n) is 9.18. The Balaban J connectivity index is 1.74. The van der Waals surface area contributed by atoms with Crippen molar-refractivity contribution in [2.24, 2.45) is 39.7 Å². The maximum atomic E-state index is 12.0. The van der Waals surface area contributed by atoms with E-state index in [9.17, 15) is 10.2 Å². The predicted molar refractivity (Wildman–Crippen MR) is 150 cm³/mol. The standard InChI is InChI=1S/C28H53NO5Si2/c1-26-14-12-20(30)16-19(26)10-11-21-22-13-15-28(34-36(7,8)9,27(22,2)17-23(31)25(21)26)24(29-32-3)18-33-35(4,5)6/h19-23,25,30-31H,10-18H2,1-9H3/b29-24+/t19-,20-,21+,22+,23+,25-,26+,27+,28+/m1/s1. The zero-order valence-electron chi connectivity index (χ0n) is 24.4. The van der Waals surface area contributed by atoms with Crippen LogP contribution in [0.5, 0.6) is 0 Å². The van der Waals surface area contributed by atoms with Crippen molar-refractivity contribution in [1.82, 2.24) is 0 Å². The molecule has 0 aromatic carbocycles. The highest BCUT2D eigenvalue weighted by Gasteiger charge is 2.69. The average molecular weight is 540 g/mol. The molecule has 0 radical (unpaired) electrons. The SMILES string of the molecule is CO/N=C(\CO[Si](C)(C)C)[C@@]1(O[Si](C)(C)C)CC[C@H]2[C@@H]3CC[C@@H]4C[C@H](O)CC[C@]4(C)[C@H]3[C@@H](O)C[C@@]21C. The Kier molecular flexibility index (Phi) is 7.77. The first-order valence-corrected chi connectivity index (χ1v) is 21.2. The van der Waals surface area contributed by atoms with Gasteiger partial charge in [-0.2, -0.15) is 0 Å². The van der Waals surface area contributed by atoms with E-state index in [1.165, 1.54) is 0 Å². The summed E-state index contributed by atoms with van der Waals surface area (Å²) in [6, 6.07) is 0. The van der Waals surface area contributed by atoms with Gasteiger partial charge in [0.05, 0.1) is 18.8 Å². The second kappa shape index (κ2) is 9.74. The van der Waals surface area contributed by atoms with E-state index < -0.39 is 22.2 Å². The molecule has 0 unspecified atom stereocenters. The first-order chi connectivity index (χ1) is 16.6. The van der Waals surface area contributed by atoms with E-state index in [1.54, 1.807) is 7.11 Å². The van der Waals surface area contributed by atoms with Gasteiger partial charge in [-0.15, -0.1) is 0 Å². The van der Waals surface area contributed by atoms with Crippen molar-refractivity contribution in [1.29, 1.82) is 0 Å². The average Bonchev–Trinajstić information content (AvgIpc) is 3.01. The van der Waals surface area contributed by atoms with Crippen LogP contribution in [0.3, 0.4) is 0 Å². The maximum absolute atomic E-state index is 12.0. The van der Waals surface area contributed by atoms with Gasteiger partial charge in [0, 0.05) is 5.41 Å². The Morgan fingerprint density at radius 1 is 0.944 bits per heavy atom. The van der Waals surface area contributed by atoms with Gasteiger partial charge < -0.3 is 23.9 Å². The summed E-state index contributed by atoms with van der Waals surface area (Å²) in [6.45, 7) is 18.6. The smallest absolute Gasteiger partial charge is 0.185 e. The van der Waals surface area contributed by atoms with Crippen LogP contribution in [0, 0.1) is 34.5 Å². The van der Waals surface area contributed by atoms with Crippen molar-refractivity contribution in [2.45, 2.75) is 122 Å². The molecule has 0 bridgehead atoms. The summed E-state index contributed by atoms with van der Waals surface area (Å²) in [7, 11) is -2.16. The summed E-state index contributed by atoms with van der Waals surface area (Å²) in [6.07, 6.45) is 7.27. The maximum Gasteiger partial charge on any atom is 0.185 e. The number of hydrogen-bond donors (Lipinski definition) is 2. The molecule has 0 aromatic rings. The lowest BCUT2D eigenvalue weighted by molar-refractivity contribution is -0.188. The molecule has 4 rings (SSSR count). The third kappa shape index (κ3) is 4.92. The van der Waals surface area contributed by atoms with E-state index in [-0.39, 0.29) is 23.0 Å². The van der Waals surface area contributed by atoms with Crippen LogP contribution in [0.2, 0.25) is 39.3 Å². The highest BCUT2D eigenvalue weighted by Crippen LogP contribution is 2.69. The van der Waals surface area contributed by atoms with Crippen LogP contribution in [-0.2, 0) is 13.7 Å². The summed E-state index contributed by atoms with van der Waals surface area (Å²) in [5.41, 5.74) is 0.180. The summed E-state index contributed by atoms with van der Waals surface area (Å²) < 4.78 is 13.7. The lowest BCUT2D eigenvalue weighted by Gasteiger charge is -2.63. The van der Waals surface area contributed by atoms with Crippen molar-refractivity contribution in [3.8, 4) is 0 Å². The summed E-state index contributed by atoms with van der Waals surface area (Å²) in [5, 5.41) is 27.0. The number of aliphatic hydroxyl groups is 2. The van der Waals surface area contributed by atoms with Crippen LogP contribution in [0.4, 0.5) is 0 Å². The molecule has 4 aliphatic rings. The van der Waals surface area contributed by atoms with Gasteiger partial charge in [-0.1, -0.05) is 19.0 Å². The fourth-order valence-corrected chi connectivity index (χ4v) is 11.3. The minimum atomic E-state index is -1.99. The molecule has 6 nitrogen and oxygen atoms in total. The van der Waals surface area contributed by atoms with Gasteiger partial charge >= 0.3 is 0 Å². The number of nitrogens with zero attached hydrogens (tertiary/aromatic N) is 1. The van der Waals surface area contributed by atoms with Crippen molar-refractivity contribution >= 4 is 22.3 Å². The van der Waals surface area contributed by atoms with Crippen molar-refractivity contribution in [3.05, 3.63) is 0 Å². The summed E-state index contributed by atoms with van der Waals surface area (Å²) >= 11 is 0. The van der Waals surface area contributed by atoms with Crippen LogP contribution in [0.1, 0.15) is 65.2 Å². The molecular formula is C28H53NO5Si2. The van der Waals surface area contributed by atoms with Gasteiger partial charge in [-0.05, 0) is 120 Å². The molecule has 0 amide bonds. The molecule has 0 aromatic heterocycles. The molecule has 0 saturated heterocycles. The lowest BCUT2D eigenvalue weighted by atomic mass is 9.43. The molecule has 2 N–H and O–H groups in total. The molecule has 0 heterocycles. The molecule has 4 fully saturated rings. The summed E-state index contributed by atoms with van der Waals surface area (Å²) in [5.74, 6) is 1.76. The Morgan fingerprint density at radius 2 is 1.64 bits per heavy atom. The van der Waals surface area contributed by atoms with Gasteiger partial charge in [-0.25, -0.2) is 0 Å². The molecule has 0 spiro atoms. The van der Waals surface area contributed by atoms with Crippen LogP contribution < -0.4 is 0 Å². The molecular weight excluding hydrogens is 486 g/mol. The van der Waals surface area contributed by atoms with Crippen LogP contribution >= 0.6 is 0 Å². The molecule has 36 heavy (non-hydrogen) atoms. The largest absolute Gasteiger partial charge is 0.412 e. The fraction of sp³-hybridized carbons (Fsp3) is 0.964. The number of aliphatic hydroxyl groups excluding tert-OH is 2. The van der Waals surface area contributed by atoms with Gasteiger partial charge in [0.2, 0.25) is 0 Å². The Morgan fingerprint density at radius 3 is 2.25 bits per heavy atom. The van der Waals surface area contributed by atoms with Gasteiger partial charge in [0.15, 0.2) is 16.6 Å². The van der Waals surface area contributed by atoms with Crippen molar-refractivity contribution < 1.29 is 23.9 Å². The zero-order valence-corrected chi connectivity index (χ0v) is 26.4. The Hall–Kier alpha value is -0.256. The summed E-state index contributed by atoms with van der Waals surface area (Å²) in [4.78, 5) is 5.45. The van der Waals surface area contributed by atoms with E-state index in [0.717, 1.165) is 57.1 Å². The molecule has 4 aliphatic carbocycles. The third-order valence-corrected chi connectivity index (χ3v) is 12.5. The second-order valence-corrected chi connectivity index (χ2v) is 23.8. The lowest BCUT2D eigenvalue weighted by Crippen LogP contribution is -2.65. The molecule has 208 valence electrons. The molecule has 4 saturated carbocycles. The zero-order chi connectivity index (χ0) is 26.7. The number of hydrogen-bond acceptors (Lipinski definition) is 6.